The second-order valence-corrected chi connectivity index (χ2v) is 1.04. The first-order valence-corrected chi connectivity index (χ1v) is 1.54. The van der Waals surface area contributed by atoms with E-state index in [9.17, 15) is 8.78 Å². The summed E-state index contributed by atoms with van der Waals surface area (Å²) in [5.74, 6) is 0. The average Bonchev–Trinajstić information content (AvgIpc) is 1.35. The zero-order valence-electron chi connectivity index (χ0n) is 3.04. The first-order valence-electron chi connectivity index (χ1n) is 1.24. The fraction of sp³-hybridized carbons (Fsp3) is 1.00. The molecule has 0 aromatic rings. The third-order valence-corrected chi connectivity index (χ3v) is 0.406. The van der Waals surface area contributed by atoms with E-state index >= 15 is 0 Å². The van der Waals surface area contributed by atoms with Crippen LogP contribution in [0, 0.1) is 0 Å². The second-order valence-electron chi connectivity index (χ2n) is 0.885. The molecule has 0 aliphatic carbocycles. The van der Waals surface area contributed by atoms with Gasteiger partial charge in [-0.05, 0) is 0 Å². The predicted octanol–water partition coefficient (Wildman–Crippen LogP) is 1.77. The normalized spacial score (nSPS) is 12.0. The molecule has 0 atom stereocenters. The van der Waals surface area contributed by atoms with Gasteiger partial charge < -0.3 is 0 Å². The van der Waals surface area contributed by atoms with Gasteiger partial charge in [0, 0.05) is 6.92 Å². The predicted molar refractivity (Wildman–Crippen MR) is 17.6 cm³/mol. The average molecular weight is 116 g/mol. The van der Waals surface area contributed by atoms with Gasteiger partial charge in [-0.25, -0.2) is 4.29 Å². The molecule has 0 fully saturated rings. The fourth-order valence-electron chi connectivity index (χ4n) is 0. The van der Waals surface area contributed by atoms with E-state index in [0.29, 0.717) is 6.92 Å². The minimum atomic E-state index is -3.19. The summed E-state index contributed by atoms with van der Waals surface area (Å²) in [7, 11) is 0. The minimum absolute atomic E-state index is 0.556. The number of alkyl halides is 2. The Balaban J connectivity index is 3.17. The molecule has 4 heteroatoms. The molecule has 0 N–H and O–H groups in total. The summed E-state index contributed by atoms with van der Waals surface area (Å²) < 4.78 is 25.3. The number of halogens is 3. The molecule has 0 heterocycles. The van der Waals surface area contributed by atoms with Crippen molar-refractivity contribution in [1.82, 2.24) is 0 Å². The first kappa shape index (κ1) is 6.11. The number of hydrogen-bond acceptors (Lipinski definition) is 1. The van der Waals surface area contributed by atoms with E-state index in [2.05, 4.69) is 16.2 Å². The summed E-state index contributed by atoms with van der Waals surface area (Å²) in [5.41, 5.74) is 0. The van der Waals surface area contributed by atoms with Crippen molar-refractivity contribution >= 4 is 11.9 Å². The fourth-order valence-corrected chi connectivity index (χ4v) is 0. The van der Waals surface area contributed by atoms with Crippen LogP contribution in [0.25, 0.3) is 0 Å². The van der Waals surface area contributed by atoms with Crippen molar-refractivity contribution < 1.29 is 13.1 Å². The van der Waals surface area contributed by atoms with Crippen LogP contribution in [0.2, 0.25) is 0 Å². The van der Waals surface area contributed by atoms with Crippen LogP contribution in [0.1, 0.15) is 6.92 Å². The molecule has 0 spiro atoms. The topological polar surface area (TPSA) is 9.23 Å². The highest BCUT2D eigenvalue weighted by Crippen LogP contribution is 2.13. The highest BCUT2D eigenvalue weighted by atomic mass is 35.5. The Kier molecular flexibility index (Phi) is 1.74. The summed E-state index contributed by atoms with van der Waals surface area (Å²) in [6.45, 7) is 0.556. The van der Waals surface area contributed by atoms with E-state index in [4.69, 9.17) is 0 Å². The summed E-state index contributed by atoms with van der Waals surface area (Å²) in [6, 6.07) is 0. The summed E-state index contributed by atoms with van der Waals surface area (Å²) in [6.07, 6.45) is -3.19. The van der Waals surface area contributed by atoms with Crippen molar-refractivity contribution in [3.63, 3.8) is 0 Å². The molecule has 0 amide bonds. The van der Waals surface area contributed by atoms with Crippen LogP contribution < -0.4 is 0 Å². The van der Waals surface area contributed by atoms with Gasteiger partial charge in [0.15, 0.2) is 0 Å². The molecule has 6 heavy (non-hydrogen) atoms. The van der Waals surface area contributed by atoms with Crippen molar-refractivity contribution in [3.05, 3.63) is 0 Å². The largest absolute Gasteiger partial charge is 0.367 e. The molecular formula is C2H3ClF2O. The standard InChI is InChI=1S/C2H3ClF2O/c1-2(4,5)6-3/h1H3. The lowest BCUT2D eigenvalue weighted by molar-refractivity contribution is -0.155. The lowest BCUT2D eigenvalue weighted by Crippen LogP contribution is -2.07. The van der Waals surface area contributed by atoms with Crippen LogP contribution >= 0.6 is 11.9 Å². The maximum absolute atomic E-state index is 11.1. The van der Waals surface area contributed by atoms with Gasteiger partial charge in [0.2, 0.25) is 0 Å². The van der Waals surface area contributed by atoms with Crippen molar-refractivity contribution in [1.29, 1.82) is 0 Å². The SMILES string of the molecule is CC(F)(F)OCl. The van der Waals surface area contributed by atoms with Crippen molar-refractivity contribution in [3.8, 4) is 0 Å². The lowest BCUT2D eigenvalue weighted by Gasteiger charge is -1.99. The summed E-state index contributed by atoms with van der Waals surface area (Å²) in [5, 5.41) is 0. The van der Waals surface area contributed by atoms with E-state index in [0.717, 1.165) is 0 Å². The van der Waals surface area contributed by atoms with Gasteiger partial charge >= 0.3 is 6.11 Å². The van der Waals surface area contributed by atoms with Crippen molar-refractivity contribution in [2.75, 3.05) is 0 Å². The molecule has 0 rings (SSSR count). The van der Waals surface area contributed by atoms with Crippen LogP contribution in [0.15, 0.2) is 0 Å². The van der Waals surface area contributed by atoms with Gasteiger partial charge in [-0.3, -0.25) is 0 Å². The number of rotatable bonds is 1. The van der Waals surface area contributed by atoms with Gasteiger partial charge in [0.25, 0.3) is 0 Å². The molecule has 0 aromatic carbocycles. The molecule has 0 aromatic heterocycles. The van der Waals surface area contributed by atoms with E-state index in [1.807, 2.05) is 0 Å². The smallest absolute Gasteiger partial charge is 0.209 e. The van der Waals surface area contributed by atoms with Crippen LogP contribution in [-0.4, -0.2) is 6.11 Å². The molecule has 0 bridgehead atoms. The lowest BCUT2D eigenvalue weighted by atomic mass is 10.8. The quantitative estimate of drug-likeness (QED) is 0.507. The first-order chi connectivity index (χ1) is 2.56. The van der Waals surface area contributed by atoms with Gasteiger partial charge in [0.05, 0.1) is 11.9 Å². The molecule has 0 aliphatic rings. The van der Waals surface area contributed by atoms with Crippen LogP contribution in [0.4, 0.5) is 8.78 Å². The third kappa shape index (κ3) is 4.11. The van der Waals surface area contributed by atoms with Gasteiger partial charge in [0.1, 0.15) is 0 Å². The van der Waals surface area contributed by atoms with E-state index in [1.165, 1.54) is 0 Å². The van der Waals surface area contributed by atoms with Crippen LogP contribution in [0.3, 0.4) is 0 Å². The Morgan fingerprint density at radius 3 is 1.83 bits per heavy atom. The number of hydrogen-bond donors (Lipinski definition) is 0. The Morgan fingerprint density at radius 2 is 1.83 bits per heavy atom. The minimum Gasteiger partial charge on any atom is -0.209 e. The highest BCUT2D eigenvalue weighted by Gasteiger charge is 2.19. The molecule has 0 saturated heterocycles. The zero-order chi connectivity index (χ0) is 5.21. The monoisotopic (exact) mass is 116 g/mol. The van der Waals surface area contributed by atoms with Crippen molar-refractivity contribution in [2.24, 2.45) is 0 Å². The van der Waals surface area contributed by atoms with Gasteiger partial charge in [-0.1, -0.05) is 0 Å². The van der Waals surface area contributed by atoms with E-state index in [-0.39, 0.29) is 0 Å². The van der Waals surface area contributed by atoms with Crippen LogP contribution in [0.5, 0.6) is 0 Å². The van der Waals surface area contributed by atoms with E-state index in [1.54, 1.807) is 0 Å². The molecule has 0 unspecified atom stereocenters. The molecule has 0 aliphatic heterocycles. The Hall–Kier alpha value is 0.110. The molecule has 0 radical (unpaired) electrons. The highest BCUT2D eigenvalue weighted by molar-refractivity contribution is 6.07. The Morgan fingerprint density at radius 1 is 1.67 bits per heavy atom. The molecule has 0 saturated carbocycles. The Labute approximate surface area is 39.0 Å². The summed E-state index contributed by atoms with van der Waals surface area (Å²) in [4.78, 5) is 0. The third-order valence-electron chi connectivity index (χ3n) is 0.135. The molecule has 38 valence electrons. The maximum Gasteiger partial charge on any atom is 0.367 e. The maximum atomic E-state index is 11.1. The van der Waals surface area contributed by atoms with E-state index < -0.39 is 6.11 Å². The summed E-state index contributed by atoms with van der Waals surface area (Å²) >= 11 is 4.23. The molecule has 1 nitrogen and oxygen atoms in total. The zero-order valence-corrected chi connectivity index (χ0v) is 3.80. The van der Waals surface area contributed by atoms with Crippen molar-refractivity contribution in [2.45, 2.75) is 13.0 Å². The molecular weight excluding hydrogens is 113 g/mol. The second kappa shape index (κ2) is 1.71. The van der Waals surface area contributed by atoms with Gasteiger partial charge in [-0.2, -0.15) is 8.78 Å². The van der Waals surface area contributed by atoms with Crippen LogP contribution in [-0.2, 0) is 4.29 Å². The Bertz CT molecular complexity index is 41.3. The van der Waals surface area contributed by atoms with Gasteiger partial charge in [-0.15, -0.1) is 0 Å².